The Morgan fingerprint density at radius 2 is 1.76 bits per heavy atom. The predicted octanol–water partition coefficient (Wildman–Crippen LogP) is 6.70. The standard InChI is InChI=1S/C29H28F4N4O/c1-3-20-15-35-27-24(36-20)14-21(18-9-11-19(12-10-18)26-17(2)6-4-8-23(26)30)28(38)37(27)16-25-22(29(31,32)33)7-5-13-34-25/h4-8,13-15,18-19H,3,9-12,16H2,1-2H3/t18-,19-. The third kappa shape index (κ3) is 4.93. The van der Waals surface area contributed by atoms with Crippen LogP contribution in [0.4, 0.5) is 17.6 Å². The average molecular weight is 525 g/mol. The van der Waals surface area contributed by atoms with Crippen molar-refractivity contribution in [2.75, 3.05) is 0 Å². The summed E-state index contributed by atoms with van der Waals surface area (Å²) >= 11 is 0. The summed E-state index contributed by atoms with van der Waals surface area (Å²) in [5.41, 5.74) is 2.05. The van der Waals surface area contributed by atoms with Crippen molar-refractivity contribution < 1.29 is 17.6 Å². The molecule has 1 aliphatic rings. The smallest absolute Gasteiger partial charge is 0.285 e. The van der Waals surface area contributed by atoms with Crippen LogP contribution in [0.5, 0.6) is 0 Å². The van der Waals surface area contributed by atoms with Crippen LogP contribution in [0.3, 0.4) is 0 Å². The van der Waals surface area contributed by atoms with Crippen LogP contribution in [-0.4, -0.2) is 19.5 Å². The molecule has 5 rings (SSSR count). The van der Waals surface area contributed by atoms with Crippen LogP contribution in [0.15, 0.2) is 53.6 Å². The Morgan fingerprint density at radius 3 is 2.45 bits per heavy atom. The van der Waals surface area contributed by atoms with Crippen molar-refractivity contribution in [2.45, 2.75) is 70.5 Å². The molecule has 9 heteroatoms. The number of nitrogens with zero attached hydrogens (tertiary/aromatic N) is 4. The van der Waals surface area contributed by atoms with Crippen LogP contribution >= 0.6 is 0 Å². The number of halogens is 4. The number of fused-ring (bicyclic) bond motifs is 1. The minimum absolute atomic E-state index is 0.0597. The molecular formula is C29H28F4N4O. The van der Waals surface area contributed by atoms with Gasteiger partial charge in [-0.2, -0.15) is 13.2 Å². The van der Waals surface area contributed by atoms with E-state index in [0.717, 1.165) is 22.9 Å². The number of rotatable bonds is 5. The van der Waals surface area contributed by atoms with Crippen molar-refractivity contribution in [3.05, 3.63) is 98.6 Å². The Balaban J connectivity index is 1.55. The fourth-order valence-electron chi connectivity index (χ4n) is 5.64. The van der Waals surface area contributed by atoms with Crippen LogP contribution in [0.2, 0.25) is 0 Å². The summed E-state index contributed by atoms with van der Waals surface area (Å²) in [5, 5.41) is 0. The molecule has 1 saturated carbocycles. The summed E-state index contributed by atoms with van der Waals surface area (Å²) in [4.78, 5) is 26.8. The number of hydrogen-bond acceptors (Lipinski definition) is 4. The highest BCUT2D eigenvalue weighted by Crippen LogP contribution is 2.41. The van der Waals surface area contributed by atoms with Gasteiger partial charge in [0.15, 0.2) is 5.65 Å². The zero-order valence-corrected chi connectivity index (χ0v) is 21.2. The average Bonchev–Trinajstić information content (AvgIpc) is 2.90. The molecule has 1 aromatic carbocycles. The number of pyridine rings is 2. The van der Waals surface area contributed by atoms with E-state index in [-0.39, 0.29) is 41.1 Å². The van der Waals surface area contributed by atoms with Crippen molar-refractivity contribution >= 4 is 11.2 Å². The molecule has 4 aromatic rings. The molecule has 0 amide bonds. The molecular weight excluding hydrogens is 496 g/mol. The van der Waals surface area contributed by atoms with Gasteiger partial charge >= 0.3 is 6.18 Å². The first-order valence-corrected chi connectivity index (χ1v) is 12.8. The molecule has 1 fully saturated rings. The van der Waals surface area contributed by atoms with Crippen molar-refractivity contribution in [2.24, 2.45) is 0 Å². The van der Waals surface area contributed by atoms with Gasteiger partial charge in [0, 0.05) is 11.8 Å². The minimum atomic E-state index is -4.61. The first-order valence-electron chi connectivity index (χ1n) is 12.8. The van der Waals surface area contributed by atoms with E-state index >= 15 is 0 Å². The van der Waals surface area contributed by atoms with Gasteiger partial charge in [0.05, 0.1) is 29.7 Å². The number of alkyl halides is 3. The third-order valence-corrected chi connectivity index (χ3v) is 7.58. The van der Waals surface area contributed by atoms with E-state index < -0.39 is 11.7 Å². The molecule has 0 unspecified atom stereocenters. The van der Waals surface area contributed by atoms with Gasteiger partial charge in [0.1, 0.15) is 11.3 Å². The SMILES string of the molecule is CCc1cnc2c(cc([C@H]3CC[C@H](c4c(C)cccc4F)CC3)c(=O)n2Cc2ncccc2C(F)(F)F)n1. The highest BCUT2D eigenvalue weighted by Gasteiger charge is 2.34. The lowest BCUT2D eigenvalue weighted by Gasteiger charge is -2.30. The monoisotopic (exact) mass is 524 g/mol. The van der Waals surface area contributed by atoms with E-state index in [1.54, 1.807) is 18.3 Å². The van der Waals surface area contributed by atoms with E-state index in [9.17, 15) is 22.4 Å². The summed E-state index contributed by atoms with van der Waals surface area (Å²) in [7, 11) is 0. The van der Waals surface area contributed by atoms with Gasteiger partial charge in [0.2, 0.25) is 0 Å². The van der Waals surface area contributed by atoms with Crippen LogP contribution in [0.25, 0.3) is 11.2 Å². The number of aromatic nitrogens is 4. The highest BCUT2D eigenvalue weighted by atomic mass is 19.4. The van der Waals surface area contributed by atoms with Gasteiger partial charge in [-0.25, -0.2) is 14.4 Å². The maximum atomic E-state index is 14.6. The molecule has 0 atom stereocenters. The van der Waals surface area contributed by atoms with E-state index in [1.807, 2.05) is 19.9 Å². The Labute approximate surface area is 217 Å². The highest BCUT2D eigenvalue weighted by molar-refractivity contribution is 5.71. The summed E-state index contributed by atoms with van der Waals surface area (Å²) in [5.74, 6) is -0.261. The second-order valence-corrected chi connectivity index (χ2v) is 9.93. The molecule has 3 heterocycles. The molecule has 1 aliphatic carbocycles. The Kier molecular flexibility index (Phi) is 7.03. The van der Waals surface area contributed by atoms with Crippen LogP contribution in [0, 0.1) is 12.7 Å². The summed E-state index contributed by atoms with van der Waals surface area (Å²) in [6.45, 7) is 3.47. The predicted molar refractivity (Wildman–Crippen MR) is 137 cm³/mol. The molecule has 0 N–H and O–H groups in total. The number of hydrogen-bond donors (Lipinski definition) is 0. The topological polar surface area (TPSA) is 60.7 Å². The van der Waals surface area contributed by atoms with Gasteiger partial charge in [-0.3, -0.25) is 14.3 Å². The number of benzene rings is 1. The normalized spacial score (nSPS) is 18.2. The fraction of sp³-hybridized carbons (Fsp3) is 0.379. The van der Waals surface area contributed by atoms with E-state index in [0.29, 0.717) is 43.2 Å². The molecule has 0 spiro atoms. The zero-order chi connectivity index (χ0) is 27.0. The zero-order valence-electron chi connectivity index (χ0n) is 21.2. The van der Waals surface area contributed by atoms with Crippen LogP contribution in [-0.2, 0) is 19.1 Å². The van der Waals surface area contributed by atoms with Crippen LogP contribution < -0.4 is 5.56 Å². The third-order valence-electron chi connectivity index (χ3n) is 7.58. The lowest BCUT2D eigenvalue weighted by Crippen LogP contribution is -2.29. The fourth-order valence-corrected chi connectivity index (χ4v) is 5.64. The number of aryl methyl sites for hydroxylation is 2. The van der Waals surface area contributed by atoms with Gasteiger partial charge in [0.25, 0.3) is 5.56 Å². The van der Waals surface area contributed by atoms with Crippen LogP contribution in [0.1, 0.15) is 78.1 Å². The second kappa shape index (κ2) is 10.3. The lowest BCUT2D eigenvalue weighted by atomic mass is 9.75. The van der Waals surface area contributed by atoms with Gasteiger partial charge in [-0.1, -0.05) is 19.1 Å². The second-order valence-electron chi connectivity index (χ2n) is 9.93. The molecule has 38 heavy (non-hydrogen) atoms. The van der Waals surface area contributed by atoms with E-state index in [1.165, 1.54) is 22.9 Å². The maximum absolute atomic E-state index is 14.6. The molecule has 0 aliphatic heterocycles. The molecule has 0 saturated heterocycles. The quantitative estimate of drug-likeness (QED) is 0.273. The van der Waals surface area contributed by atoms with Crippen molar-refractivity contribution in [1.29, 1.82) is 0 Å². The first kappa shape index (κ1) is 26.0. The van der Waals surface area contributed by atoms with Gasteiger partial charge < -0.3 is 0 Å². The largest absolute Gasteiger partial charge is 0.418 e. The summed E-state index contributed by atoms with van der Waals surface area (Å²) in [6, 6.07) is 9.02. The Hall–Kier alpha value is -3.62. The Morgan fingerprint density at radius 1 is 1.03 bits per heavy atom. The van der Waals surface area contributed by atoms with Crippen molar-refractivity contribution in [3.8, 4) is 0 Å². The first-order chi connectivity index (χ1) is 18.2. The van der Waals surface area contributed by atoms with Crippen molar-refractivity contribution in [1.82, 2.24) is 19.5 Å². The molecule has 0 bridgehead atoms. The van der Waals surface area contributed by atoms with Crippen molar-refractivity contribution in [3.63, 3.8) is 0 Å². The molecule has 198 valence electrons. The molecule has 0 radical (unpaired) electrons. The molecule has 3 aromatic heterocycles. The Bertz CT molecular complexity index is 1520. The lowest BCUT2D eigenvalue weighted by molar-refractivity contribution is -0.138. The van der Waals surface area contributed by atoms with E-state index in [4.69, 9.17) is 0 Å². The maximum Gasteiger partial charge on any atom is 0.418 e. The van der Waals surface area contributed by atoms with Gasteiger partial charge in [-0.15, -0.1) is 0 Å². The minimum Gasteiger partial charge on any atom is -0.285 e. The van der Waals surface area contributed by atoms with Gasteiger partial charge in [-0.05, 0) is 86.3 Å². The summed E-state index contributed by atoms with van der Waals surface area (Å²) in [6.07, 6.45) is 1.60. The molecule has 5 nitrogen and oxygen atoms in total. The summed E-state index contributed by atoms with van der Waals surface area (Å²) < 4.78 is 56.9. The van der Waals surface area contributed by atoms with E-state index in [2.05, 4.69) is 15.0 Å².